The molecule has 0 saturated heterocycles. The van der Waals surface area contributed by atoms with Gasteiger partial charge >= 0.3 is 0 Å². The highest BCUT2D eigenvalue weighted by molar-refractivity contribution is 6.32. The van der Waals surface area contributed by atoms with Crippen molar-refractivity contribution in [1.82, 2.24) is 5.32 Å². The second-order valence-corrected chi connectivity index (χ2v) is 6.39. The van der Waals surface area contributed by atoms with Gasteiger partial charge in [0, 0.05) is 23.9 Å². The minimum atomic E-state index is -0.775. The summed E-state index contributed by atoms with van der Waals surface area (Å²) in [6, 6.07) is 10.6. The van der Waals surface area contributed by atoms with Crippen LogP contribution < -0.4 is 10.2 Å². The van der Waals surface area contributed by atoms with E-state index in [1.807, 2.05) is 24.3 Å². The number of amides is 2. The van der Waals surface area contributed by atoms with Crippen molar-refractivity contribution in [1.29, 1.82) is 0 Å². The molecule has 1 aliphatic rings. The molecule has 7 nitrogen and oxygen atoms in total. The highest BCUT2D eigenvalue weighted by Gasteiger charge is 2.29. The van der Waals surface area contributed by atoms with Crippen LogP contribution in [-0.4, -0.2) is 29.3 Å². The summed E-state index contributed by atoms with van der Waals surface area (Å²) in [6.45, 7) is 2.15. The maximum absolute atomic E-state index is 12.7. The van der Waals surface area contributed by atoms with Gasteiger partial charge in [0.05, 0.1) is 4.92 Å². The molecule has 2 aromatic carbocycles. The topological polar surface area (TPSA) is 92.5 Å². The van der Waals surface area contributed by atoms with Gasteiger partial charge in [-0.15, -0.1) is 0 Å². The number of anilines is 1. The van der Waals surface area contributed by atoms with Crippen LogP contribution in [0.5, 0.6) is 0 Å². The Morgan fingerprint density at radius 3 is 2.73 bits per heavy atom. The zero-order valence-electron chi connectivity index (χ0n) is 13.9. The smallest absolute Gasteiger partial charge is 0.288 e. The fourth-order valence-corrected chi connectivity index (χ4v) is 3.12. The Morgan fingerprint density at radius 1 is 1.27 bits per heavy atom. The molecule has 0 aliphatic carbocycles. The highest BCUT2D eigenvalue weighted by Crippen LogP contribution is 2.28. The van der Waals surface area contributed by atoms with Crippen molar-refractivity contribution >= 4 is 34.8 Å². The van der Waals surface area contributed by atoms with Crippen LogP contribution in [0.3, 0.4) is 0 Å². The molecule has 0 spiro atoms. The average molecular weight is 374 g/mol. The number of nitrogens with one attached hydrogen (secondary N) is 1. The number of hydrogen-bond acceptors (Lipinski definition) is 4. The fraction of sp³-hybridized carbons (Fsp3) is 0.222. The van der Waals surface area contributed by atoms with Gasteiger partial charge in [-0.25, -0.2) is 0 Å². The predicted molar refractivity (Wildman–Crippen MR) is 97.5 cm³/mol. The van der Waals surface area contributed by atoms with Crippen molar-refractivity contribution in [2.45, 2.75) is 19.4 Å². The number of rotatable bonds is 4. The van der Waals surface area contributed by atoms with Gasteiger partial charge in [-0.3, -0.25) is 19.7 Å². The summed E-state index contributed by atoms with van der Waals surface area (Å²) in [6.07, 6.45) is 0.770. The molecular weight excluding hydrogens is 358 g/mol. The summed E-state index contributed by atoms with van der Waals surface area (Å²) in [4.78, 5) is 37.0. The largest absolute Gasteiger partial charge is 0.341 e. The van der Waals surface area contributed by atoms with E-state index in [9.17, 15) is 19.7 Å². The summed E-state index contributed by atoms with van der Waals surface area (Å²) in [7, 11) is 0. The van der Waals surface area contributed by atoms with Crippen LogP contribution in [-0.2, 0) is 11.2 Å². The van der Waals surface area contributed by atoms with Crippen LogP contribution >= 0.6 is 11.6 Å². The van der Waals surface area contributed by atoms with Gasteiger partial charge in [-0.2, -0.15) is 0 Å². The first kappa shape index (κ1) is 17.9. The van der Waals surface area contributed by atoms with Crippen molar-refractivity contribution in [3.8, 4) is 0 Å². The van der Waals surface area contributed by atoms with Crippen molar-refractivity contribution in [2.24, 2.45) is 0 Å². The second-order valence-electron chi connectivity index (χ2n) is 5.99. The highest BCUT2D eigenvalue weighted by atomic mass is 35.5. The van der Waals surface area contributed by atoms with E-state index in [1.165, 1.54) is 12.1 Å². The fourth-order valence-electron chi connectivity index (χ4n) is 2.94. The average Bonchev–Trinajstić information content (AvgIpc) is 3.05. The maximum Gasteiger partial charge on any atom is 0.288 e. The SMILES string of the molecule is CC(NC(=O)c1ccc(Cl)c([N+](=O)[O-])c1)C(=O)N1CCc2ccccc21. The third kappa shape index (κ3) is 3.39. The summed E-state index contributed by atoms with van der Waals surface area (Å²) in [5, 5.41) is 13.5. The van der Waals surface area contributed by atoms with E-state index < -0.39 is 16.9 Å². The van der Waals surface area contributed by atoms with Crippen LogP contribution in [0.25, 0.3) is 0 Å². The van der Waals surface area contributed by atoms with Crippen LogP contribution in [0, 0.1) is 10.1 Å². The van der Waals surface area contributed by atoms with Gasteiger partial charge in [0.2, 0.25) is 5.91 Å². The van der Waals surface area contributed by atoms with Gasteiger partial charge < -0.3 is 10.2 Å². The third-order valence-electron chi connectivity index (χ3n) is 4.28. The van der Waals surface area contributed by atoms with Crippen LogP contribution in [0.2, 0.25) is 5.02 Å². The number of carbonyl (C=O) groups is 2. The lowest BCUT2D eigenvalue weighted by molar-refractivity contribution is -0.384. The number of para-hydroxylation sites is 1. The van der Waals surface area contributed by atoms with Gasteiger partial charge in [-0.05, 0) is 37.1 Å². The van der Waals surface area contributed by atoms with E-state index >= 15 is 0 Å². The van der Waals surface area contributed by atoms with Crippen LogP contribution in [0.4, 0.5) is 11.4 Å². The zero-order chi connectivity index (χ0) is 18.8. The molecule has 1 unspecified atom stereocenters. The van der Waals surface area contributed by atoms with E-state index in [4.69, 9.17) is 11.6 Å². The van der Waals surface area contributed by atoms with E-state index in [0.29, 0.717) is 6.54 Å². The summed E-state index contributed by atoms with van der Waals surface area (Å²) in [5.74, 6) is -0.801. The number of nitro benzene ring substituents is 1. The molecule has 2 aromatic rings. The molecule has 0 saturated carbocycles. The number of halogens is 1. The summed E-state index contributed by atoms with van der Waals surface area (Å²) < 4.78 is 0. The number of fused-ring (bicyclic) bond motifs is 1. The first-order valence-electron chi connectivity index (χ1n) is 8.02. The van der Waals surface area contributed by atoms with E-state index in [2.05, 4.69) is 5.32 Å². The molecule has 0 fully saturated rings. The Hall–Kier alpha value is -2.93. The molecule has 1 N–H and O–H groups in total. The molecule has 134 valence electrons. The lowest BCUT2D eigenvalue weighted by Crippen LogP contribution is -2.46. The molecule has 0 radical (unpaired) electrons. The van der Waals surface area contributed by atoms with Crippen molar-refractivity contribution < 1.29 is 14.5 Å². The van der Waals surface area contributed by atoms with Crippen molar-refractivity contribution in [3.63, 3.8) is 0 Å². The third-order valence-corrected chi connectivity index (χ3v) is 4.60. The monoisotopic (exact) mass is 373 g/mol. The standard InChI is InChI=1S/C18H16ClN3O4/c1-11(18(24)21-9-8-12-4-2-3-5-15(12)21)20-17(23)13-6-7-14(19)16(10-13)22(25)26/h2-7,10-11H,8-9H2,1H3,(H,20,23). The molecule has 3 rings (SSSR count). The van der Waals surface area contributed by atoms with E-state index in [0.717, 1.165) is 23.7 Å². The molecule has 0 aromatic heterocycles. The molecule has 1 atom stereocenters. The lowest BCUT2D eigenvalue weighted by Gasteiger charge is -2.22. The number of carbonyl (C=O) groups excluding carboxylic acids is 2. The second kappa shape index (κ2) is 7.13. The Morgan fingerprint density at radius 2 is 2.00 bits per heavy atom. The van der Waals surface area contributed by atoms with Gasteiger partial charge in [0.15, 0.2) is 0 Å². The van der Waals surface area contributed by atoms with E-state index in [-0.39, 0.29) is 22.2 Å². The minimum absolute atomic E-state index is 0.0515. The maximum atomic E-state index is 12.7. The van der Waals surface area contributed by atoms with Crippen LogP contribution in [0.15, 0.2) is 42.5 Å². The number of nitro groups is 1. The lowest BCUT2D eigenvalue weighted by atomic mass is 10.1. The molecule has 1 heterocycles. The zero-order valence-corrected chi connectivity index (χ0v) is 14.7. The Kier molecular flexibility index (Phi) is 4.90. The van der Waals surface area contributed by atoms with Crippen LogP contribution in [0.1, 0.15) is 22.8 Å². The first-order chi connectivity index (χ1) is 12.4. The molecular formula is C18H16ClN3O4. The molecule has 1 aliphatic heterocycles. The minimum Gasteiger partial charge on any atom is -0.341 e. The van der Waals surface area contributed by atoms with Gasteiger partial charge in [0.25, 0.3) is 11.6 Å². The Labute approximate surface area is 154 Å². The van der Waals surface area contributed by atoms with Crippen molar-refractivity contribution in [2.75, 3.05) is 11.4 Å². The summed E-state index contributed by atoms with van der Waals surface area (Å²) in [5.41, 5.74) is 1.66. The van der Waals surface area contributed by atoms with Gasteiger partial charge in [-0.1, -0.05) is 29.8 Å². The quantitative estimate of drug-likeness (QED) is 0.658. The normalized spacial score (nSPS) is 13.8. The molecule has 2 amide bonds. The molecule has 26 heavy (non-hydrogen) atoms. The number of hydrogen-bond donors (Lipinski definition) is 1. The first-order valence-corrected chi connectivity index (χ1v) is 8.40. The molecule has 0 bridgehead atoms. The van der Waals surface area contributed by atoms with E-state index in [1.54, 1.807) is 11.8 Å². The summed E-state index contributed by atoms with van der Waals surface area (Å²) >= 11 is 5.75. The Bertz CT molecular complexity index is 900. The number of benzene rings is 2. The number of nitrogens with zero attached hydrogens (tertiary/aromatic N) is 2. The molecule has 8 heteroatoms. The predicted octanol–water partition coefficient (Wildman–Crippen LogP) is 2.96. The van der Waals surface area contributed by atoms with Crippen molar-refractivity contribution in [3.05, 3.63) is 68.7 Å². The van der Waals surface area contributed by atoms with Gasteiger partial charge in [0.1, 0.15) is 11.1 Å². The Balaban J connectivity index is 1.73.